The number of nitrogens with one attached hydrogen (secondary N) is 1. The molecule has 1 aliphatic heterocycles. The van der Waals surface area contributed by atoms with E-state index in [-0.39, 0.29) is 24.4 Å². The summed E-state index contributed by atoms with van der Waals surface area (Å²) < 4.78 is 11.0. The third-order valence-corrected chi connectivity index (χ3v) is 5.69. The summed E-state index contributed by atoms with van der Waals surface area (Å²) in [4.78, 5) is 26.3. The molecule has 0 spiro atoms. The number of esters is 1. The molecular formula is C25H35ClN2O4. The summed E-state index contributed by atoms with van der Waals surface area (Å²) >= 11 is 6.54. The van der Waals surface area contributed by atoms with Crippen LogP contribution >= 0.6 is 11.6 Å². The highest BCUT2D eigenvalue weighted by molar-refractivity contribution is 6.31. The zero-order valence-corrected chi connectivity index (χ0v) is 20.5. The molecule has 7 heteroatoms. The van der Waals surface area contributed by atoms with Crippen LogP contribution in [0.5, 0.6) is 0 Å². The normalized spacial score (nSPS) is 19.6. The van der Waals surface area contributed by atoms with Crippen LogP contribution in [0.15, 0.2) is 46.8 Å². The Labute approximate surface area is 196 Å². The van der Waals surface area contributed by atoms with Crippen molar-refractivity contribution in [1.29, 1.82) is 0 Å². The summed E-state index contributed by atoms with van der Waals surface area (Å²) in [6.45, 7) is 11.0. The van der Waals surface area contributed by atoms with E-state index in [9.17, 15) is 9.59 Å². The third kappa shape index (κ3) is 5.80. The molecule has 2 aliphatic rings. The standard InChI is InChI=1S/C23H29ClN2O4.C2H6/c1-4-30-22(28)21-17(13-29-10-9-25)26-16-11-23(2,3)12-18(27)20(16)19(21)14-7-5-6-8-15(14)24;1-2/h5-8,19,26H,4,9-13,25H2,1-3H3;1-2H3. The molecule has 1 unspecified atom stereocenters. The van der Waals surface area contributed by atoms with Gasteiger partial charge in [-0.2, -0.15) is 0 Å². The van der Waals surface area contributed by atoms with Crippen LogP contribution in [-0.4, -0.2) is 38.1 Å². The zero-order valence-electron chi connectivity index (χ0n) is 19.7. The minimum atomic E-state index is -0.603. The molecule has 1 aromatic rings. The number of ether oxygens (including phenoxy) is 2. The van der Waals surface area contributed by atoms with Gasteiger partial charge in [0.1, 0.15) is 0 Å². The maximum atomic E-state index is 13.3. The number of carbonyl (C=O) groups excluding carboxylic acids is 2. The van der Waals surface area contributed by atoms with Crippen molar-refractivity contribution in [1.82, 2.24) is 5.32 Å². The monoisotopic (exact) mass is 462 g/mol. The Morgan fingerprint density at radius 3 is 2.56 bits per heavy atom. The summed E-state index contributed by atoms with van der Waals surface area (Å²) in [6, 6.07) is 7.30. The maximum absolute atomic E-state index is 13.3. The van der Waals surface area contributed by atoms with E-state index < -0.39 is 11.9 Å². The quantitative estimate of drug-likeness (QED) is 0.458. The van der Waals surface area contributed by atoms with Crippen molar-refractivity contribution in [3.8, 4) is 0 Å². The summed E-state index contributed by atoms with van der Waals surface area (Å²) in [5, 5.41) is 3.84. The van der Waals surface area contributed by atoms with Crippen molar-refractivity contribution < 1.29 is 19.1 Å². The number of Topliss-reactive ketones (excluding diaryl/α,β-unsaturated/α-hetero) is 1. The van der Waals surface area contributed by atoms with Gasteiger partial charge in [-0.15, -0.1) is 0 Å². The second kappa shape index (κ2) is 11.6. The van der Waals surface area contributed by atoms with Gasteiger partial charge in [0, 0.05) is 35.2 Å². The first kappa shape index (κ1) is 26.1. The minimum Gasteiger partial charge on any atom is -0.463 e. The van der Waals surface area contributed by atoms with E-state index in [1.807, 2.05) is 32.0 Å². The SMILES string of the molecule is CC.CCOC(=O)C1=C(COCCN)NC2=C(C(=O)CC(C)(C)C2)C1c1ccccc1Cl. The van der Waals surface area contributed by atoms with Gasteiger partial charge in [0.05, 0.1) is 31.1 Å². The van der Waals surface area contributed by atoms with Crippen LogP contribution in [0, 0.1) is 5.41 Å². The number of ketones is 1. The summed E-state index contributed by atoms with van der Waals surface area (Å²) in [7, 11) is 0. The van der Waals surface area contributed by atoms with Crippen LogP contribution in [0.1, 0.15) is 58.9 Å². The lowest BCUT2D eigenvalue weighted by atomic mass is 9.68. The number of hydrogen-bond donors (Lipinski definition) is 2. The Kier molecular flexibility index (Phi) is 9.49. The molecule has 1 aliphatic carbocycles. The lowest BCUT2D eigenvalue weighted by molar-refractivity contribution is -0.139. The average Bonchev–Trinajstić information content (AvgIpc) is 2.74. The van der Waals surface area contributed by atoms with Crippen molar-refractivity contribution in [3.63, 3.8) is 0 Å². The van der Waals surface area contributed by atoms with Crippen molar-refractivity contribution in [2.24, 2.45) is 11.1 Å². The molecule has 1 atom stereocenters. The first-order valence-electron chi connectivity index (χ1n) is 11.2. The second-order valence-corrected chi connectivity index (χ2v) is 8.77. The highest BCUT2D eigenvalue weighted by atomic mass is 35.5. The van der Waals surface area contributed by atoms with Crippen LogP contribution in [0.4, 0.5) is 0 Å². The minimum absolute atomic E-state index is 0.0161. The first-order valence-corrected chi connectivity index (χ1v) is 11.6. The van der Waals surface area contributed by atoms with Gasteiger partial charge in [-0.05, 0) is 30.4 Å². The van der Waals surface area contributed by atoms with Crippen LogP contribution in [0.3, 0.4) is 0 Å². The van der Waals surface area contributed by atoms with E-state index in [2.05, 4.69) is 19.2 Å². The molecular weight excluding hydrogens is 428 g/mol. The molecule has 1 aromatic carbocycles. The Balaban J connectivity index is 0.00000176. The van der Waals surface area contributed by atoms with Gasteiger partial charge >= 0.3 is 5.97 Å². The van der Waals surface area contributed by atoms with Crippen molar-refractivity contribution in [2.75, 3.05) is 26.4 Å². The molecule has 0 saturated carbocycles. The fraction of sp³-hybridized carbons (Fsp3) is 0.520. The predicted molar refractivity (Wildman–Crippen MR) is 127 cm³/mol. The molecule has 32 heavy (non-hydrogen) atoms. The average molecular weight is 463 g/mol. The smallest absolute Gasteiger partial charge is 0.336 e. The lowest BCUT2D eigenvalue weighted by Gasteiger charge is -2.40. The Morgan fingerprint density at radius 2 is 1.94 bits per heavy atom. The number of nitrogens with two attached hydrogens (primary N) is 1. The van der Waals surface area contributed by atoms with Gasteiger partial charge in [0.25, 0.3) is 0 Å². The topological polar surface area (TPSA) is 90.7 Å². The van der Waals surface area contributed by atoms with E-state index in [1.54, 1.807) is 13.0 Å². The van der Waals surface area contributed by atoms with Gasteiger partial charge < -0.3 is 20.5 Å². The van der Waals surface area contributed by atoms with Gasteiger partial charge in [0.15, 0.2) is 5.78 Å². The fourth-order valence-electron chi connectivity index (χ4n) is 4.19. The number of rotatable bonds is 7. The number of dihydropyridines is 1. The number of hydrogen-bond acceptors (Lipinski definition) is 6. The number of halogens is 1. The van der Waals surface area contributed by atoms with E-state index in [4.69, 9.17) is 26.8 Å². The highest BCUT2D eigenvalue weighted by Crippen LogP contribution is 2.48. The summed E-state index contributed by atoms with van der Waals surface area (Å²) in [5.41, 5.74) is 8.46. The number of carbonyl (C=O) groups is 2. The van der Waals surface area contributed by atoms with Crippen LogP contribution in [0.2, 0.25) is 5.02 Å². The Morgan fingerprint density at radius 1 is 1.25 bits per heavy atom. The largest absolute Gasteiger partial charge is 0.463 e. The summed E-state index contributed by atoms with van der Waals surface area (Å²) in [5.74, 6) is -1.07. The van der Waals surface area contributed by atoms with E-state index in [1.165, 1.54) is 0 Å². The zero-order chi connectivity index (χ0) is 23.9. The Hall–Kier alpha value is -2.15. The summed E-state index contributed by atoms with van der Waals surface area (Å²) in [6.07, 6.45) is 1.09. The molecule has 0 radical (unpaired) electrons. The predicted octanol–water partition coefficient (Wildman–Crippen LogP) is 4.49. The molecule has 1 heterocycles. The van der Waals surface area contributed by atoms with E-state index in [0.717, 1.165) is 5.70 Å². The van der Waals surface area contributed by atoms with Gasteiger partial charge in [-0.1, -0.05) is 57.5 Å². The van der Waals surface area contributed by atoms with Crippen molar-refractivity contribution in [2.45, 2.75) is 53.4 Å². The molecule has 0 bridgehead atoms. The van der Waals surface area contributed by atoms with E-state index >= 15 is 0 Å². The second-order valence-electron chi connectivity index (χ2n) is 8.37. The Bertz CT molecular complexity index is 905. The number of benzene rings is 1. The third-order valence-electron chi connectivity index (χ3n) is 5.34. The van der Waals surface area contributed by atoms with Gasteiger partial charge in [-0.3, -0.25) is 4.79 Å². The lowest BCUT2D eigenvalue weighted by Crippen LogP contribution is -2.40. The van der Waals surface area contributed by atoms with Crippen LogP contribution in [-0.2, 0) is 19.1 Å². The molecule has 0 saturated heterocycles. The molecule has 3 N–H and O–H groups in total. The molecule has 6 nitrogen and oxygen atoms in total. The maximum Gasteiger partial charge on any atom is 0.336 e. The molecule has 0 aromatic heterocycles. The van der Waals surface area contributed by atoms with Gasteiger partial charge in [0.2, 0.25) is 0 Å². The molecule has 0 fully saturated rings. The highest BCUT2D eigenvalue weighted by Gasteiger charge is 2.44. The van der Waals surface area contributed by atoms with Gasteiger partial charge in [-0.25, -0.2) is 4.79 Å². The molecule has 0 amide bonds. The van der Waals surface area contributed by atoms with Crippen molar-refractivity contribution in [3.05, 3.63) is 57.4 Å². The molecule has 176 valence electrons. The number of allylic oxidation sites excluding steroid dienone is 2. The van der Waals surface area contributed by atoms with Crippen LogP contribution < -0.4 is 11.1 Å². The fourth-order valence-corrected chi connectivity index (χ4v) is 4.44. The van der Waals surface area contributed by atoms with Crippen LogP contribution in [0.25, 0.3) is 0 Å². The van der Waals surface area contributed by atoms with Crippen molar-refractivity contribution >= 4 is 23.4 Å². The van der Waals surface area contributed by atoms with E-state index in [0.29, 0.717) is 53.4 Å². The molecule has 3 rings (SSSR count). The first-order chi connectivity index (χ1) is 15.3.